The second kappa shape index (κ2) is 10.9. The first-order valence-corrected chi connectivity index (χ1v) is 15.9. The summed E-state index contributed by atoms with van der Waals surface area (Å²) in [5.74, 6) is 0. The number of aromatic nitrogens is 2. The van der Waals surface area contributed by atoms with Crippen molar-refractivity contribution < 1.29 is 0 Å². The SMILES string of the molecule is N#Cc1ccc(-n2c3ccccc3c3ccccc32)c(-c2cccc(-c3ccc(-n4c5ccccc5c5ccccc54)cc3)c2)c1C#N. The molecule has 7 aromatic carbocycles. The highest BCUT2D eigenvalue weighted by Gasteiger charge is 2.21. The Hall–Kier alpha value is -6.88. The second-order valence-corrected chi connectivity index (χ2v) is 12.0. The summed E-state index contributed by atoms with van der Waals surface area (Å²) in [4.78, 5) is 0. The van der Waals surface area contributed by atoms with Crippen molar-refractivity contribution in [1.82, 2.24) is 9.13 Å². The zero-order valence-corrected chi connectivity index (χ0v) is 25.8. The van der Waals surface area contributed by atoms with Gasteiger partial charge in [-0.05, 0) is 71.3 Å². The molecular formula is C44H26N4. The van der Waals surface area contributed by atoms with Crippen molar-refractivity contribution in [3.05, 3.63) is 169 Å². The first-order chi connectivity index (χ1) is 23.7. The van der Waals surface area contributed by atoms with Gasteiger partial charge in [-0.15, -0.1) is 0 Å². The molecule has 0 aliphatic carbocycles. The van der Waals surface area contributed by atoms with E-state index < -0.39 is 0 Å². The van der Waals surface area contributed by atoms with E-state index in [-0.39, 0.29) is 0 Å². The smallest absolute Gasteiger partial charge is 0.101 e. The van der Waals surface area contributed by atoms with Crippen molar-refractivity contribution in [3.63, 3.8) is 0 Å². The third kappa shape index (κ3) is 4.07. The van der Waals surface area contributed by atoms with Crippen LogP contribution < -0.4 is 0 Å². The lowest BCUT2D eigenvalue weighted by Crippen LogP contribution is -2.01. The van der Waals surface area contributed by atoms with Crippen LogP contribution >= 0.6 is 0 Å². The van der Waals surface area contributed by atoms with E-state index in [4.69, 9.17) is 0 Å². The van der Waals surface area contributed by atoms with Crippen LogP contribution in [0.15, 0.2) is 158 Å². The lowest BCUT2D eigenvalue weighted by Gasteiger charge is -2.17. The fourth-order valence-electron chi connectivity index (χ4n) is 7.32. The molecule has 4 heteroatoms. The average molecular weight is 611 g/mol. The van der Waals surface area contributed by atoms with Crippen molar-refractivity contribution in [1.29, 1.82) is 10.5 Å². The van der Waals surface area contributed by atoms with Gasteiger partial charge in [0.05, 0.1) is 38.9 Å². The highest BCUT2D eigenvalue weighted by atomic mass is 15.0. The summed E-state index contributed by atoms with van der Waals surface area (Å²) in [6.45, 7) is 0. The molecule has 0 saturated carbocycles. The van der Waals surface area contributed by atoms with Crippen molar-refractivity contribution in [2.45, 2.75) is 0 Å². The van der Waals surface area contributed by atoms with Crippen molar-refractivity contribution in [2.24, 2.45) is 0 Å². The summed E-state index contributed by atoms with van der Waals surface area (Å²) in [6.07, 6.45) is 0. The molecule has 0 aliphatic rings. The number of benzene rings is 7. The fourth-order valence-corrected chi connectivity index (χ4v) is 7.32. The van der Waals surface area contributed by atoms with Crippen LogP contribution in [-0.2, 0) is 0 Å². The minimum absolute atomic E-state index is 0.359. The summed E-state index contributed by atoms with van der Waals surface area (Å²) in [7, 11) is 0. The zero-order chi connectivity index (χ0) is 32.2. The molecular weight excluding hydrogens is 585 g/mol. The molecule has 0 spiro atoms. The monoisotopic (exact) mass is 610 g/mol. The predicted molar refractivity (Wildman–Crippen MR) is 195 cm³/mol. The molecule has 48 heavy (non-hydrogen) atoms. The van der Waals surface area contributed by atoms with E-state index >= 15 is 0 Å². The van der Waals surface area contributed by atoms with Gasteiger partial charge in [0.15, 0.2) is 0 Å². The highest BCUT2D eigenvalue weighted by molar-refractivity contribution is 6.10. The standard InChI is InChI=1S/C44H26N4/c45-27-32-22-25-43(48-41-18-7-3-14-36(41)37-15-4-8-19-42(37)48)44(38(32)28-46)31-11-9-10-30(26-31)29-20-23-33(24-21-29)47-39-16-5-1-12-34(39)35-13-2-6-17-40(35)47/h1-26H. The highest BCUT2D eigenvalue weighted by Crippen LogP contribution is 2.40. The Labute approximate surface area is 277 Å². The first kappa shape index (κ1) is 27.4. The van der Waals surface area contributed by atoms with E-state index in [1.807, 2.05) is 30.3 Å². The third-order valence-electron chi connectivity index (χ3n) is 9.43. The molecule has 9 aromatic rings. The van der Waals surface area contributed by atoms with Crippen LogP contribution in [0.2, 0.25) is 0 Å². The summed E-state index contributed by atoms with van der Waals surface area (Å²) >= 11 is 0. The van der Waals surface area contributed by atoms with Crippen LogP contribution in [0.25, 0.3) is 77.2 Å². The molecule has 0 bridgehead atoms. The van der Waals surface area contributed by atoms with Gasteiger partial charge in [-0.25, -0.2) is 0 Å². The minimum Gasteiger partial charge on any atom is -0.309 e. The molecule has 0 aliphatic heterocycles. The Bertz CT molecular complexity index is 2690. The zero-order valence-electron chi connectivity index (χ0n) is 25.8. The number of rotatable bonds is 4. The van der Waals surface area contributed by atoms with Crippen LogP contribution in [0, 0.1) is 22.7 Å². The Morgan fingerprint density at radius 1 is 0.396 bits per heavy atom. The number of para-hydroxylation sites is 4. The Kier molecular flexibility index (Phi) is 6.22. The van der Waals surface area contributed by atoms with Crippen LogP contribution in [0.3, 0.4) is 0 Å². The lowest BCUT2D eigenvalue weighted by molar-refractivity contribution is 1.18. The second-order valence-electron chi connectivity index (χ2n) is 12.0. The largest absolute Gasteiger partial charge is 0.309 e. The van der Waals surface area contributed by atoms with Crippen molar-refractivity contribution >= 4 is 43.6 Å². The molecule has 0 fully saturated rings. The molecule has 9 rings (SSSR count). The van der Waals surface area contributed by atoms with Gasteiger partial charge >= 0.3 is 0 Å². The molecule has 4 nitrogen and oxygen atoms in total. The van der Waals surface area contributed by atoms with E-state index in [0.717, 1.165) is 55.4 Å². The van der Waals surface area contributed by atoms with E-state index in [1.165, 1.54) is 21.8 Å². The molecule has 222 valence electrons. The number of nitrogens with zero attached hydrogens (tertiary/aromatic N) is 4. The molecule has 0 radical (unpaired) electrons. The molecule has 2 heterocycles. The average Bonchev–Trinajstić information content (AvgIpc) is 3.67. The quantitative estimate of drug-likeness (QED) is 0.199. The van der Waals surface area contributed by atoms with Gasteiger partial charge in [0.1, 0.15) is 12.1 Å². The van der Waals surface area contributed by atoms with E-state index in [0.29, 0.717) is 11.1 Å². The van der Waals surface area contributed by atoms with Crippen molar-refractivity contribution in [2.75, 3.05) is 0 Å². The molecule has 0 amide bonds. The number of fused-ring (bicyclic) bond motifs is 6. The first-order valence-electron chi connectivity index (χ1n) is 15.9. The maximum atomic E-state index is 10.5. The van der Waals surface area contributed by atoms with Crippen LogP contribution in [0.1, 0.15) is 11.1 Å². The van der Waals surface area contributed by atoms with Gasteiger partial charge in [-0.2, -0.15) is 10.5 Å². The Morgan fingerprint density at radius 3 is 1.42 bits per heavy atom. The Morgan fingerprint density at radius 2 is 0.896 bits per heavy atom. The summed E-state index contributed by atoms with van der Waals surface area (Å²) < 4.78 is 4.53. The molecule has 0 atom stereocenters. The predicted octanol–water partition coefficient (Wildman–Crippen LogP) is 11.0. The summed E-state index contributed by atoms with van der Waals surface area (Å²) in [5.41, 5.74) is 10.8. The van der Waals surface area contributed by atoms with Gasteiger partial charge in [0.25, 0.3) is 0 Å². The van der Waals surface area contributed by atoms with Crippen molar-refractivity contribution in [3.8, 4) is 45.8 Å². The van der Waals surface area contributed by atoms with Gasteiger partial charge in [-0.3, -0.25) is 0 Å². The van der Waals surface area contributed by atoms with Crippen LogP contribution in [-0.4, -0.2) is 9.13 Å². The minimum atomic E-state index is 0.359. The summed E-state index contributed by atoms with van der Waals surface area (Å²) in [5, 5.41) is 25.3. The topological polar surface area (TPSA) is 57.4 Å². The van der Waals surface area contributed by atoms with Gasteiger partial charge in [0.2, 0.25) is 0 Å². The Balaban J connectivity index is 1.21. The molecule has 0 unspecified atom stereocenters. The number of nitriles is 2. The van der Waals surface area contributed by atoms with Gasteiger partial charge in [-0.1, -0.05) is 103 Å². The molecule has 0 N–H and O–H groups in total. The van der Waals surface area contributed by atoms with E-state index in [9.17, 15) is 10.5 Å². The van der Waals surface area contributed by atoms with E-state index in [2.05, 4.69) is 143 Å². The van der Waals surface area contributed by atoms with Crippen LogP contribution in [0.5, 0.6) is 0 Å². The van der Waals surface area contributed by atoms with Crippen LogP contribution in [0.4, 0.5) is 0 Å². The fraction of sp³-hybridized carbons (Fsp3) is 0. The van der Waals surface area contributed by atoms with E-state index in [1.54, 1.807) is 6.07 Å². The molecule has 2 aromatic heterocycles. The van der Waals surface area contributed by atoms with Gasteiger partial charge in [0, 0.05) is 32.8 Å². The number of hydrogen-bond acceptors (Lipinski definition) is 2. The summed E-state index contributed by atoms with van der Waals surface area (Å²) in [6, 6.07) is 59.0. The van der Waals surface area contributed by atoms with Gasteiger partial charge < -0.3 is 9.13 Å². The third-order valence-corrected chi connectivity index (χ3v) is 9.43. The lowest BCUT2D eigenvalue weighted by atomic mass is 9.92. The maximum Gasteiger partial charge on any atom is 0.101 e. The maximum absolute atomic E-state index is 10.5. The molecule has 0 saturated heterocycles. The normalized spacial score (nSPS) is 11.3. The number of hydrogen-bond donors (Lipinski definition) is 0.